The van der Waals surface area contributed by atoms with Gasteiger partial charge >= 0.3 is 12.2 Å². The van der Waals surface area contributed by atoms with Crippen LogP contribution in [0.5, 0.6) is 11.5 Å². The molecule has 0 bridgehead atoms. The minimum atomic E-state index is -0.695. The Morgan fingerprint density at radius 3 is 1.52 bits per heavy atom. The van der Waals surface area contributed by atoms with Crippen molar-refractivity contribution >= 4 is 35.1 Å². The molecule has 0 radical (unpaired) electrons. The van der Waals surface area contributed by atoms with E-state index >= 15 is 0 Å². The molecule has 0 atom stereocenters. The lowest BCUT2D eigenvalue weighted by molar-refractivity contribution is 0.100. The molecule has 2 amide bonds. The average Bonchev–Trinajstić information content (AvgIpc) is 2.76. The van der Waals surface area contributed by atoms with Crippen molar-refractivity contribution in [3.05, 3.63) is 83.4 Å². The standard InChI is InChI=1S/C25H22N2O6/c1-15-14-20(26-24(30)32-21-9-4-18(5-10-21)16(2)28)8-13-23(15)27-25(31)33-22-11-6-19(7-12-22)17(3)29/h4-14H,1-3H3,(H,26,30)(H,27,31). The molecule has 0 saturated heterocycles. The molecule has 0 fully saturated rings. The molecule has 8 heteroatoms. The molecule has 0 spiro atoms. The van der Waals surface area contributed by atoms with E-state index in [1.54, 1.807) is 49.4 Å². The van der Waals surface area contributed by atoms with Crippen LogP contribution in [0.3, 0.4) is 0 Å². The van der Waals surface area contributed by atoms with E-state index in [0.29, 0.717) is 39.6 Å². The van der Waals surface area contributed by atoms with Gasteiger partial charge in [-0.15, -0.1) is 0 Å². The number of hydrogen-bond acceptors (Lipinski definition) is 6. The molecular weight excluding hydrogens is 424 g/mol. The second-order valence-corrected chi connectivity index (χ2v) is 7.22. The van der Waals surface area contributed by atoms with Crippen molar-refractivity contribution in [1.82, 2.24) is 0 Å². The zero-order valence-corrected chi connectivity index (χ0v) is 18.3. The summed E-state index contributed by atoms with van der Waals surface area (Å²) in [5.41, 5.74) is 2.69. The molecule has 168 valence electrons. The zero-order valence-electron chi connectivity index (χ0n) is 18.3. The number of carbonyl (C=O) groups excluding carboxylic acids is 4. The van der Waals surface area contributed by atoms with Crippen molar-refractivity contribution in [1.29, 1.82) is 0 Å². The van der Waals surface area contributed by atoms with Crippen molar-refractivity contribution in [2.75, 3.05) is 10.6 Å². The third kappa shape index (κ3) is 6.51. The highest BCUT2D eigenvalue weighted by molar-refractivity contribution is 5.95. The normalized spacial score (nSPS) is 10.2. The van der Waals surface area contributed by atoms with Gasteiger partial charge in [0.25, 0.3) is 0 Å². The molecule has 3 aromatic rings. The number of hydrogen-bond donors (Lipinski definition) is 2. The first kappa shape index (κ1) is 23.2. The highest BCUT2D eigenvalue weighted by Crippen LogP contribution is 2.21. The van der Waals surface area contributed by atoms with Gasteiger partial charge in [-0.2, -0.15) is 0 Å². The molecule has 0 aromatic heterocycles. The first-order valence-corrected chi connectivity index (χ1v) is 10.0. The number of aryl methyl sites for hydroxylation is 1. The number of ether oxygens (including phenoxy) is 2. The Morgan fingerprint density at radius 1 is 0.636 bits per heavy atom. The number of benzene rings is 3. The molecule has 8 nitrogen and oxygen atoms in total. The van der Waals surface area contributed by atoms with E-state index < -0.39 is 12.2 Å². The molecular formula is C25H22N2O6. The van der Waals surface area contributed by atoms with Crippen molar-refractivity contribution in [2.24, 2.45) is 0 Å². The molecule has 3 aromatic carbocycles. The van der Waals surface area contributed by atoms with Gasteiger partial charge in [0.1, 0.15) is 11.5 Å². The second kappa shape index (κ2) is 10.2. The van der Waals surface area contributed by atoms with Crippen LogP contribution in [0.25, 0.3) is 0 Å². The fourth-order valence-corrected chi connectivity index (χ4v) is 2.89. The maximum absolute atomic E-state index is 12.2. The van der Waals surface area contributed by atoms with E-state index in [0.717, 1.165) is 0 Å². The molecule has 0 unspecified atom stereocenters. The summed E-state index contributed by atoms with van der Waals surface area (Å²) in [7, 11) is 0. The first-order valence-electron chi connectivity index (χ1n) is 10.0. The van der Waals surface area contributed by atoms with Crippen LogP contribution >= 0.6 is 0 Å². The van der Waals surface area contributed by atoms with E-state index in [1.165, 1.54) is 38.1 Å². The summed E-state index contributed by atoms with van der Waals surface area (Å²) in [6, 6.07) is 17.3. The lowest BCUT2D eigenvalue weighted by Crippen LogP contribution is -2.18. The summed E-state index contributed by atoms with van der Waals surface area (Å²) < 4.78 is 10.4. The average molecular weight is 446 g/mol. The fraction of sp³-hybridized carbons (Fsp3) is 0.120. The van der Waals surface area contributed by atoms with E-state index in [-0.39, 0.29) is 11.6 Å². The van der Waals surface area contributed by atoms with Crippen molar-refractivity contribution in [3.8, 4) is 11.5 Å². The highest BCUT2D eigenvalue weighted by atomic mass is 16.6. The van der Waals surface area contributed by atoms with Crippen LogP contribution in [0.15, 0.2) is 66.7 Å². The molecule has 0 heterocycles. The van der Waals surface area contributed by atoms with Crippen LogP contribution in [0.2, 0.25) is 0 Å². The Labute approximate surface area is 190 Å². The number of anilines is 2. The summed E-state index contributed by atoms with van der Waals surface area (Å²) in [6.07, 6.45) is -1.39. The summed E-state index contributed by atoms with van der Waals surface area (Å²) >= 11 is 0. The molecule has 3 rings (SSSR count). The minimum absolute atomic E-state index is 0.0786. The van der Waals surface area contributed by atoms with Gasteiger partial charge in [-0.1, -0.05) is 0 Å². The third-order valence-corrected chi connectivity index (χ3v) is 4.65. The Bertz CT molecular complexity index is 1200. The number of ketones is 2. The van der Waals surface area contributed by atoms with Crippen LogP contribution < -0.4 is 20.1 Å². The van der Waals surface area contributed by atoms with Gasteiger partial charge in [0.05, 0.1) is 0 Å². The van der Waals surface area contributed by atoms with Crippen LogP contribution in [-0.2, 0) is 0 Å². The molecule has 2 N–H and O–H groups in total. The quantitative estimate of drug-likeness (QED) is 0.475. The fourth-order valence-electron chi connectivity index (χ4n) is 2.89. The number of amides is 2. The Hall–Kier alpha value is -4.46. The SMILES string of the molecule is CC(=O)c1ccc(OC(=O)Nc2ccc(NC(=O)Oc3ccc(C(C)=O)cc3)c(C)c2)cc1. The Balaban J connectivity index is 1.56. The first-order chi connectivity index (χ1) is 15.7. The van der Waals surface area contributed by atoms with Gasteiger partial charge in [0.2, 0.25) is 0 Å². The van der Waals surface area contributed by atoms with Crippen LogP contribution in [-0.4, -0.2) is 23.8 Å². The summed E-state index contributed by atoms with van der Waals surface area (Å²) in [6.45, 7) is 4.67. The van der Waals surface area contributed by atoms with Crippen molar-refractivity contribution < 1.29 is 28.7 Å². The van der Waals surface area contributed by atoms with Gasteiger partial charge in [0.15, 0.2) is 11.6 Å². The van der Waals surface area contributed by atoms with Crippen LogP contribution in [0.4, 0.5) is 21.0 Å². The molecule has 0 aliphatic carbocycles. The number of carbonyl (C=O) groups is 4. The lowest BCUT2D eigenvalue weighted by Gasteiger charge is -2.12. The molecule has 33 heavy (non-hydrogen) atoms. The molecule has 0 aliphatic rings. The van der Waals surface area contributed by atoms with Crippen molar-refractivity contribution in [3.63, 3.8) is 0 Å². The predicted molar refractivity (Wildman–Crippen MR) is 123 cm³/mol. The zero-order chi connectivity index (χ0) is 24.0. The predicted octanol–water partition coefficient (Wildman–Crippen LogP) is 5.62. The summed E-state index contributed by atoms with van der Waals surface area (Å²) in [4.78, 5) is 46.9. The van der Waals surface area contributed by atoms with Crippen LogP contribution in [0, 0.1) is 6.92 Å². The number of rotatable bonds is 6. The van der Waals surface area contributed by atoms with Gasteiger partial charge in [-0.25, -0.2) is 9.59 Å². The van der Waals surface area contributed by atoms with Gasteiger partial charge in [-0.05, 0) is 93.1 Å². The highest BCUT2D eigenvalue weighted by Gasteiger charge is 2.11. The third-order valence-electron chi connectivity index (χ3n) is 4.65. The monoisotopic (exact) mass is 446 g/mol. The summed E-state index contributed by atoms with van der Waals surface area (Å²) in [5, 5.41) is 5.23. The maximum atomic E-state index is 12.2. The number of nitrogens with one attached hydrogen (secondary N) is 2. The largest absolute Gasteiger partial charge is 0.417 e. The van der Waals surface area contributed by atoms with E-state index in [4.69, 9.17) is 9.47 Å². The van der Waals surface area contributed by atoms with E-state index in [1.807, 2.05) is 0 Å². The number of Topliss-reactive ketones (excluding diaryl/α,β-unsaturated/α-hetero) is 2. The molecule has 0 saturated carbocycles. The van der Waals surface area contributed by atoms with E-state index in [9.17, 15) is 19.2 Å². The topological polar surface area (TPSA) is 111 Å². The Morgan fingerprint density at radius 2 is 1.09 bits per heavy atom. The minimum Gasteiger partial charge on any atom is -0.410 e. The smallest absolute Gasteiger partial charge is 0.410 e. The van der Waals surface area contributed by atoms with Gasteiger partial charge in [0, 0.05) is 22.5 Å². The van der Waals surface area contributed by atoms with Gasteiger partial charge < -0.3 is 9.47 Å². The Kier molecular flexibility index (Phi) is 7.20. The maximum Gasteiger partial charge on any atom is 0.417 e. The van der Waals surface area contributed by atoms with Crippen LogP contribution in [0.1, 0.15) is 40.1 Å². The van der Waals surface area contributed by atoms with Gasteiger partial charge in [-0.3, -0.25) is 20.2 Å². The second-order valence-electron chi connectivity index (χ2n) is 7.22. The lowest BCUT2D eigenvalue weighted by atomic mass is 10.1. The molecule has 0 aliphatic heterocycles. The van der Waals surface area contributed by atoms with Crippen molar-refractivity contribution in [2.45, 2.75) is 20.8 Å². The summed E-state index contributed by atoms with van der Waals surface area (Å²) in [5.74, 6) is 0.439. The van der Waals surface area contributed by atoms with E-state index in [2.05, 4.69) is 10.6 Å².